The number of benzene rings is 2. The van der Waals surface area contributed by atoms with Gasteiger partial charge in [-0.25, -0.2) is 19.2 Å². The van der Waals surface area contributed by atoms with Gasteiger partial charge in [0.2, 0.25) is 17.6 Å². The lowest BCUT2D eigenvalue weighted by atomic mass is 9.84. The summed E-state index contributed by atoms with van der Waals surface area (Å²) in [7, 11) is 4.06. The first-order valence-electron chi connectivity index (χ1n) is 12.0. The number of para-hydroxylation sites is 1. The molecule has 5 heterocycles. The van der Waals surface area contributed by atoms with Crippen LogP contribution in [0.1, 0.15) is 28.3 Å². The molecule has 0 unspecified atom stereocenters. The lowest BCUT2D eigenvalue weighted by Crippen LogP contribution is -2.16. The molecule has 6 aromatic rings. The van der Waals surface area contributed by atoms with Gasteiger partial charge in [0.05, 0.1) is 34.7 Å². The van der Waals surface area contributed by atoms with Gasteiger partial charge >= 0.3 is 0 Å². The molecule has 9 nitrogen and oxygen atoms in total. The second-order valence-electron chi connectivity index (χ2n) is 9.22. The molecule has 0 saturated heterocycles. The first kappa shape index (κ1) is 21.4. The van der Waals surface area contributed by atoms with Crippen molar-refractivity contribution in [1.29, 1.82) is 0 Å². The fraction of sp³-hybridized carbons (Fsp3) is 0.143. The fourth-order valence-corrected chi connectivity index (χ4v) is 4.93. The predicted molar refractivity (Wildman–Crippen MR) is 139 cm³/mol. The van der Waals surface area contributed by atoms with Crippen LogP contribution < -0.4 is 9.64 Å². The number of nitrogens with zero attached hydrogens (tertiary/aromatic N) is 7. The van der Waals surface area contributed by atoms with Crippen molar-refractivity contribution in [2.75, 3.05) is 19.0 Å². The van der Waals surface area contributed by atoms with Gasteiger partial charge in [0.25, 0.3) is 0 Å². The largest absolute Gasteiger partial charge is 0.461 e. The molecule has 7 rings (SSSR count). The van der Waals surface area contributed by atoms with Crippen LogP contribution >= 0.6 is 0 Å². The normalized spacial score (nSPS) is 14.3. The molecule has 0 N–H and O–H groups in total. The maximum absolute atomic E-state index is 6.48. The molecule has 2 aromatic carbocycles. The van der Waals surface area contributed by atoms with Crippen LogP contribution in [-0.4, -0.2) is 43.5 Å². The highest BCUT2D eigenvalue weighted by Crippen LogP contribution is 2.49. The first-order chi connectivity index (χ1) is 18.1. The Balaban J connectivity index is 1.49. The van der Waals surface area contributed by atoms with Crippen LogP contribution in [-0.2, 0) is 0 Å². The van der Waals surface area contributed by atoms with E-state index >= 15 is 0 Å². The maximum Gasteiger partial charge on any atom is 0.230 e. The van der Waals surface area contributed by atoms with Crippen molar-refractivity contribution in [3.8, 4) is 29.0 Å². The number of anilines is 1. The smallest absolute Gasteiger partial charge is 0.230 e. The van der Waals surface area contributed by atoms with E-state index in [0.717, 1.165) is 33.8 Å². The molecular weight excluding hydrogens is 466 g/mol. The Morgan fingerprint density at radius 1 is 0.892 bits per heavy atom. The first-order valence-corrected chi connectivity index (χ1v) is 12.0. The third kappa shape index (κ3) is 3.31. The molecule has 4 aromatic heterocycles. The number of fused-ring (bicyclic) bond motifs is 4. The third-order valence-electron chi connectivity index (χ3n) is 6.71. The lowest BCUT2D eigenvalue weighted by Gasteiger charge is -2.26. The van der Waals surface area contributed by atoms with Gasteiger partial charge in [-0.1, -0.05) is 30.3 Å². The maximum atomic E-state index is 6.48. The Morgan fingerprint density at radius 2 is 1.70 bits per heavy atom. The van der Waals surface area contributed by atoms with E-state index in [9.17, 15) is 0 Å². The zero-order valence-electron chi connectivity index (χ0n) is 20.5. The summed E-state index contributed by atoms with van der Waals surface area (Å²) in [5.74, 6) is 2.01. The van der Waals surface area contributed by atoms with Crippen LogP contribution in [0.2, 0.25) is 0 Å². The van der Waals surface area contributed by atoms with E-state index in [1.165, 1.54) is 0 Å². The van der Waals surface area contributed by atoms with Crippen molar-refractivity contribution in [3.05, 3.63) is 102 Å². The standard InChI is InChI=1S/C28H23N7O2/c1-17-22-23(18-11-13-19(14-12-18)33(2)3)24-26-30-25(21-10-7-15-36-21)32-34(26)16-29-27(24)37-28(22)35(31-17)20-8-5-4-6-9-20/h4-16,23H,1-3H3/t23-/m0/s1. The molecule has 182 valence electrons. The van der Waals surface area contributed by atoms with Gasteiger partial charge in [0.15, 0.2) is 11.4 Å². The SMILES string of the molecule is Cc1nn(-c2ccccc2)c2c1[C@H](c1ccc(N(C)C)cc1)c1c(ncn3nc(-c4ccco4)nc13)O2. The van der Waals surface area contributed by atoms with Crippen molar-refractivity contribution in [2.24, 2.45) is 0 Å². The number of aromatic nitrogens is 6. The molecule has 0 fully saturated rings. The van der Waals surface area contributed by atoms with Crippen LogP contribution in [0.4, 0.5) is 5.69 Å². The Hall–Kier alpha value is -4.92. The summed E-state index contributed by atoms with van der Waals surface area (Å²) >= 11 is 0. The average molecular weight is 490 g/mol. The van der Waals surface area contributed by atoms with Gasteiger partial charge < -0.3 is 14.1 Å². The van der Waals surface area contributed by atoms with E-state index < -0.39 is 0 Å². The molecule has 1 aliphatic heterocycles. The number of hydrogen-bond donors (Lipinski definition) is 0. The van der Waals surface area contributed by atoms with Gasteiger partial charge in [-0.3, -0.25) is 0 Å². The highest BCUT2D eigenvalue weighted by molar-refractivity contribution is 5.68. The monoisotopic (exact) mass is 489 g/mol. The van der Waals surface area contributed by atoms with Crippen LogP contribution in [0.3, 0.4) is 0 Å². The minimum atomic E-state index is -0.211. The van der Waals surface area contributed by atoms with Crippen molar-refractivity contribution in [3.63, 3.8) is 0 Å². The summed E-state index contributed by atoms with van der Waals surface area (Å²) in [5, 5.41) is 9.52. The van der Waals surface area contributed by atoms with Crippen molar-refractivity contribution >= 4 is 11.3 Å². The van der Waals surface area contributed by atoms with Gasteiger partial charge in [-0.05, 0) is 48.9 Å². The zero-order valence-corrected chi connectivity index (χ0v) is 20.5. The predicted octanol–water partition coefficient (Wildman–Crippen LogP) is 5.23. The Morgan fingerprint density at radius 3 is 2.43 bits per heavy atom. The van der Waals surface area contributed by atoms with E-state index in [0.29, 0.717) is 29.0 Å². The number of hydrogen-bond acceptors (Lipinski definition) is 7. The topological polar surface area (TPSA) is 86.5 Å². The van der Waals surface area contributed by atoms with E-state index in [-0.39, 0.29) is 5.92 Å². The highest BCUT2D eigenvalue weighted by atomic mass is 16.5. The minimum Gasteiger partial charge on any atom is -0.461 e. The molecule has 1 aliphatic rings. The van der Waals surface area contributed by atoms with E-state index in [1.54, 1.807) is 17.1 Å². The molecule has 37 heavy (non-hydrogen) atoms. The summed E-state index contributed by atoms with van der Waals surface area (Å²) in [4.78, 5) is 11.6. The van der Waals surface area contributed by atoms with E-state index in [4.69, 9.17) is 19.2 Å². The Bertz CT molecular complexity index is 1730. The van der Waals surface area contributed by atoms with Gasteiger partial charge in [0, 0.05) is 19.8 Å². The summed E-state index contributed by atoms with van der Waals surface area (Å²) in [6.45, 7) is 2.01. The molecular formula is C28H23N7O2. The summed E-state index contributed by atoms with van der Waals surface area (Å²) < 4.78 is 15.6. The van der Waals surface area contributed by atoms with Crippen LogP contribution in [0, 0.1) is 6.92 Å². The zero-order chi connectivity index (χ0) is 25.1. The molecule has 1 atom stereocenters. The summed E-state index contributed by atoms with van der Waals surface area (Å²) in [5.41, 5.74) is 6.48. The molecule has 0 spiro atoms. The Kier molecular flexibility index (Phi) is 4.65. The molecule has 0 saturated carbocycles. The van der Waals surface area contributed by atoms with E-state index in [1.807, 2.05) is 68.2 Å². The lowest BCUT2D eigenvalue weighted by molar-refractivity contribution is 0.402. The second kappa shape index (κ2) is 8.06. The average Bonchev–Trinajstić information content (AvgIpc) is 3.67. The van der Waals surface area contributed by atoms with Crippen LogP contribution in [0.15, 0.2) is 83.7 Å². The number of ether oxygens (including phenoxy) is 1. The number of rotatable bonds is 4. The summed E-state index contributed by atoms with van der Waals surface area (Å²) in [6.07, 6.45) is 3.24. The van der Waals surface area contributed by atoms with E-state index in [2.05, 4.69) is 39.2 Å². The number of furan rings is 1. The van der Waals surface area contributed by atoms with Crippen molar-refractivity contribution < 1.29 is 9.15 Å². The minimum absolute atomic E-state index is 0.211. The van der Waals surface area contributed by atoms with Gasteiger partial charge in [-0.15, -0.1) is 5.10 Å². The molecule has 0 radical (unpaired) electrons. The van der Waals surface area contributed by atoms with Crippen molar-refractivity contribution in [2.45, 2.75) is 12.8 Å². The van der Waals surface area contributed by atoms with Crippen LogP contribution in [0.25, 0.3) is 22.9 Å². The second-order valence-corrected chi connectivity index (χ2v) is 9.22. The Labute approximate surface area is 212 Å². The summed E-state index contributed by atoms with van der Waals surface area (Å²) in [6, 6.07) is 22.2. The van der Waals surface area contributed by atoms with Crippen molar-refractivity contribution in [1.82, 2.24) is 29.4 Å². The molecule has 0 aliphatic carbocycles. The molecule has 0 amide bonds. The van der Waals surface area contributed by atoms with Crippen LogP contribution in [0.5, 0.6) is 11.8 Å². The number of aryl methyl sites for hydroxylation is 1. The molecule has 0 bridgehead atoms. The molecule has 9 heteroatoms. The van der Waals surface area contributed by atoms with Gasteiger partial charge in [-0.2, -0.15) is 5.10 Å². The van der Waals surface area contributed by atoms with Gasteiger partial charge in [0.1, 0.15) is 6.33 Å². The quantitative estimate of drug-likeness (QED) is 0.335. The fourth-order valence-electron chi connectivity index (χ4n) is 4.93. The highest BCUT2D eigenvalue weighted by Gasteiger charge is 2.38. The third-order valence-corrected chi connectivity index (χ3v) is 6.71.